The maximum Gasteiger partial charge on any atom is 0.271 e. The quantitative estimate of drug-likeness (QED) is 0.648. The Morgan fingerprint density at radius 1 is 1.37 bits per heavy atom. The second kappa shape index (κ2) is 7.98. The third-order valence-electron chi connectivity index (χ3n) is 4.06. The summed E-state index contributed by atoms with van der Waals surface area (Å²) < 4.78 is 2.03. The van der Waals surface area contributed by atoms with Gasteiger partial charge in [0.05, 0.1) is 17.8 Å². The molecule has 0 amide bonds. The second-order valence-corrected chi connectivity index (χ2v) is 6.76. The number of nitriles is 1. The van der Waals surface area contributed by atoms with E-state index in [1.807, 2.05) is 30.3 Å². The minimum Gasteiger partial charge on any atom is -0.494 e. The molecule has 0 aliphatic heterocycles. The van der Waals surface area contributed by atoms with Gasteiger partial charge in [-0.1, -0.05) is 28.1 Å². The average molecular weight is 423 g/mol. The van der Waals surface area contributed by atoms with Gasteiger partial charge in [-0.25, -0.2) is 0 Å². The molecule has 134 valence electrons. The summed E-state index contributed by atoms with van der Waals surface area (Å²) in [4.78, 5) is 21.0. The lowest BCUT2D eigenvalue weighted by Gasteiger charge is -2.14. The maximum absolute atomic E-state index is 12.6. The Morgan fingerprint density at radius 2 is 2.19 bits per heavy atom. The first-order valence-electron chi connectivity index (χ1n) is 8.06. The predicted octanol–water partition coefficient (Wildman–Crippen LogP) is 3.69. The maximum atomic E-state index is 12.6. The number of benzene rings is 1. The van der Waals surface area contributed by atoms with Gasteiger partial charge < -0.3 is 5.11 Å². The molecule has 0 unspecified atom stereocenters. The van der Waals surface area contributed by atoms with Gasteiger partial charge in [0.25, 0.3) is 5.56 Å². The summed E-state index contributed by atoms with van der Waals surface area (Å²) >= 11 is 3.38. The first-order chi connectivity index (χ1) is 13.0. The highest BCUT2D eigenvalue weighted by molar-refractivity contribution is 9.10. The SMILES string of the molecule is Cc1c(C=Nc2cccc(Br)c2)c(O)n(Cc2cccnc2)c(=O)c1C#N. The van der Waals surface area contributed by atoms with Crippen LogP contribution in [-0.4, -0.2) is 20.9 Å². The van der Waals surface area contributed by atoms with E-state index in [1.54, 1.807) is 31.5 Å². The largest absolute Gasteiger partial charge is 0.494 e. The van der Waals surface area contributed by atoms with Crippen LogP contribution in [0.25, 0.3) is 0 Å². The Morgan fingerprint density at radius 3 is 2.85 bits per heavy atom. The molecule has 3 rings (SSSR count). The van der Waals surface area contributed by atoms with E-state index in [0.717, 1.165) is 14.6 Å². The van der Waals surface area contributed by atoms with Crippen LogP contribution in [0.4, 0.5) is 5.69 Å². The molecule has 0 saturated heterocycles. The molecule has 1 N–H and O–H groups in total. The summed E-state index contributed by atoms with van der Waals surface area (Å²) in [6, 6.07) is 12.8. The van der Waals surface area contributed by atoms with Crippen molar-refractivity contribution in [1.82, 2.24) is 9.55 Å². The van der Waals surface area contributed by atoms with E-state index in [1.165, 1.54) is 6.21 Å². The molecule has 7 heteroatoms. The van der Waals surface area contributed by atoms with E-state index >= 15 is 0 Å². The first kappa shape index (κ1) is 18.5. The number of hydrogen-bond donors (Lipinski definition) is 1. The number of pyridine rings is 2. The molecular weight excluding hydrogens is 408 g/mol. The van der Waals surface area contributed by atoms with Crippen LogP contribution in [0.15, 0.2) is 63.1 Å². The summed E-state index contributed by atoms with van der Waals surface area (Å²) in [6.45, 7) is 1.72. The van der Waals surface area contributed by atoms with Crippen molar-refractivity contribution in [3.63, 3.8) is 0 Å². The second-order valence-electron chi connectivity index (χ2n) is 5.84. The summed E-state index contributed by atoms with van der Waals surface area (Å²) in [6.07, 6.45) is 4.69. The van der Waals surface area contributed by atoms with Crippen molar-refractivity contribution in [2.24, 2.45) is 4.99 Å². The Bertz CT molecular complexity index is 1120. The molecule has 6 nitrogen and oxygen atoms in total. The van der Waals surface area contributed by atoms with Gasteiger partial charge in [0.2, 0.25) is 5.88 Å². The normalized spacial score (nSPS) is 10.9. The summed E-state index contributed by atoms with van der Waals surface area (Å²) in [5, 5.41) is 20.1. The minimum atomic E-state index is -0.545. The van der Waals surface area contributed by atoms with Crippen LogP contribution in [-0.2, 0) is 6.54 Å². The smallest absolute Gasteiger partial charge is 0.271 e. The van der Waals surface area contributed by atoms with Crippen LogP contribution in [0.1, 0.15) is 22.3 Å². The fraction of sp³-hybridized carbons (Fsp3) is 0.100. The summed E-state index contributed by atoms with van der Waals surface area (Å²) in [5.74, 6) is -0.237. The standard InChI is InChI=1S/C20H15BrN4O2/c1-13-17(9-22)19(26)25(12-14-4-3-7-23-10-14)20(27)18(13)11-24-16-6-2-5-15(21)8-16/h2-8,10-11,27H,12H2,1H3. The van der Waals surface area contributed by atoms with E-state index in [-0.39, 0.29) is 18.0 Å². The number of nitrogens with zero attached hydrogens (tertiary/aromatic N) is 4. The van der Waals surface area contributed by atoms with E-state index in [0.29, 0.717) is 16.8 Å². The van der Waals surface area contributed by atoms with Crippen LogP contribution in [0.2, 0.25) is 0 Å². The lowest BCUT2D eigenvalue weighted by molar-refractivity contribution is 0.413. The van der Waals surface area contributed by atoms with Gasteiger partial charge >= 0.3 is 0 Å². The number of rotatable bonds is 4. The van der Waals surface area contributed by atoms with Gasteiger partial charge in [-0.2, -0.15) is 5.26 Å². The molecular formula is C20H15BrN4O2. The van der Waals surface area contributed by atoms with E-state index < -0.39 is 5.56 Å². The molecule has 0 saturated carbocycles. The first-order valence-corrected chi connectivity index (χ1v) is 8.85. The molecule has 0 aliphatic rings. The number of halogens is 1. The molecule has 2 aromatic heterocycles. The number of aliphatic imine (C=N–C) groups is 1. The molecule has 0 fully saturated rings. The number of aromatic hydroxyl groups is 1. The van der Waals surface area contributed by atoms with Crippen LogP contribution in [0.5, 0.6) is 5.88 Å². The predicted molar refractivity (Wildman–Crippen MR) is 107 cm³/mol. The molecule has 1 aromatic carbocycles. The van der Waals surface area contributed by atoms with Crippen molar-refractivity contribution in [1.29, 1.82) is 5.26 Å². The van der Waals surface area contributed by atoms with Crippen molar-refractivity contribution in [2.45, 2.75) is 13.5 Å². The van der Waals surface area contributed by atoms with Crippen LogP contribution < -0.4 is 5.56 Å². The van der Waals surface area contributed by atoms with Crippen molar-refractivity contribution in [3.05, 3.63) is 85.9 Å². The Balaban J connectivity index is 2.12. The van der Waals surface area contributed by atoms with Crippen molar-refractivity contribution in [3.8, 4) is 11.9 Å². The van der Waals surface area contributed by atoms with E-state index in [4.69, 9.17) is 0 Å². The summed E-state index contributed by atoms with van der Waals surface area (Å²) in [5.41, 5.74) is 1.56. The molecule has 3 aromatic rings. The van der Waals surface area contributed by atoms with E-state index in [2.05, 4.69) is 25.9 Å². The van der Waals surface area contributed by atoms with Gasteiger partial charge in [-0.3, -0.25) is 19.3 Å². The molecule has 27 heavy (non-hydrogen) atoms. The number of aromatic nitrogens is 2. The fourth-order valence-electron chi connectivity index (χ4n) is 2.64. The van der Waals surface area contributed by atoms with Crippen LogP contribution in [0.3, 0.4) is 0 Å². The molecule has 0 atom stereocenters. The lowest BCUT2D eigenvalue weighted by Crippen LogP contribution is -2.26. The zero-order valence-electron chi connectivity index (χ0n) is 14.4. The number of hydrogen-bond acceptors (Lipinski definition) is 5. The van der Waals surface area contributed by atoms with Gasteiger partial charge in [0.1, 0.15) is 11.6 Å². The lowest BCUT2D eigenvalue weighted by atomic mass is 10.1. The van der Waals surface area contributed by atoms with Crippen LogP contribution in [0, 0.1) is 18.3 Å². The molecule has 0 aliphatic carbocycles. The molecule has 0 radical (unpaired) electrons. The van der Waals surface area contributed by atoms with Gasteiger partial charge in [-0.05, 0) is 42.3 Å². The van der Waals surface area contributed by atoms with E-state index in [9.17, 15) is 15.2 Å². The Hall–Kier alpha value is -3.24. The van der Waals surface area contributed by atoms with Crippen molar-refractivity contribution in [2.75, 3.05) is 0 Å². The third kappa shape index (κ3) is 3.96. The summed E-state index contributed by atoms with van der Waals surface area (Å²) in [7, 11) is 0. The third-order valence-corrected chi connectivity index (χ3v) is 4.55. The molecule has 2 heterocycles. The van der Waals surface area contributed by atoms with Gasteiger partial charge in [-0.15, -0.1) is 0 Å². The Labute approximate surface area is 164 Å². The van der Waals surface area contributed by atoms with Crippen molar-refractivity contribution >= 4 is 27.8 Å². The minimum absolute atomic E-state index is 0.0209. The van der Waals surface area contributed by atoms with Gasteiger partial charge in [0, 0.05) is 23.1 Å². The van der Waals surface area contributed by atoms with Gasteiger partial charge in [0.15, 0.2) is 0 Å². The Kier molecular flexibility index (Phi) is 5.48. The monoisotopic (exact) mass is 422 g/mol. The highest BCUT2D eigenvalue weighted by Gasteiger charge is 2.18. The van der Waals surface area contributed by atoms with Crippen molar-refractivity contribution < 1.29 is 5.11 Å². The topological polar surface area (TPSA) is 91.3 Å². The zero-order chi connectivity index (χ0) is 19.4. The highest BCUT2D eigenvalue weighted by atomic mass is 79.9. The fourth-order valence-corrected chi connectivity index (χ4v) is 3.03. The molecule has 0 bridgehead atoms. The highest BCUT2D eigenvalue weighted by Crippen LogP contribution is 2.23. The molecule has 0 spiro atoms. The zero-order valence-corrected chi connectivity index (χ0v) is 16.0. The van der Waals surface area contributed by atoms with Crippen LogP contribution >= 0.6 is 15.9 Å². The average Bonchev–Trinajstić information content (AvgIpc) is 2.66.